The van der Waals surface area contributed by atoms with Gasteiger partial charge in [-0.25, -0.2) is 0 Å². The smallest absolute Gasteiger partial charge is 0.237 e. The highest BCUT2D eigenvalue weighted by molar-refractivity contribution is 5.82. The molecule has 1 amide bonds. The SMILES string of the molecule is CC1CCNC1C(=O)N[C@H](C)C1CCCC1. The van der Waals surface area contributed by atoms with E-state index in [1.807, 2.05) is 0 Å². The van der Waals surface area contributed by atoms with Gasteiger partial charge in [-0.2, -0.15) is 0 Å². The minimum absolute atomic E-state index is 0.0452. The molecule has 2 fully saturated rings. The van der Waals surface area contributed by atoms with Gasteiger partial charge in [0.15, 0.2) is 0 Å². The van der Waals surface area contributed by atoms with Gasteiger partial charge in [-0.3, -0.25) is 4.79 Å². The first kappa shape index (κ1) is 11.9. The molecule has 1 aliphatic carbocycles. The minimum Gasteiger partial charge on any atom is -0.352 e. The maximum absolute atomic E-state index is 12.0. The lowest BCUT2D eigenvalue weighted by Gasteiger charge is -2.23. The molecule has 3 nitrogen and oxygen atoms in total. The fourth-order valence-electron chi connectivity index (χ4n) is 3.07. The van der Waals surface area contributed by atoms with E-state index in [1.165, 1.54) is 25.7 Å². The number of carbonyl (C=O) groups is 1. The van der Waals surface area contributed by atoms with Crippen molar-refractivity contribution in [2.45, 2.75) is 58.0 Å². The van der Waals surface area contributed by atoms with Crippen LogP contribution in [0.15, 0.2) is 0 Å². The summed E-state index contributed by atoms with van der Waals surface area (Å²) in [6.45, 7) is 5.30. The van der Waals surface area contributed by atoms with Crippen molar-refractivity contribution >= 4 is 5.91 Å². The van der Waals surface area contributed by atoms with E-state index in [1.54, 1.807) is 0 Å². The molecule has 16 heavy (non-hydrogen) atoms. The Hall–Kier alpha value is -0.570. The molecule has 0 bridgehead atoms. The summed E-state index contributed by atoms with van der Waals surface area (Å²) in [6, 6.07) is 0.397. The number of hydrogen-bond donors (Lipinski definition) is 2. The quantitative estimate of drug-likeness (QED) is 0.766. The molecule has 0 aromatic rings. The van der Waals surface area contributed by atoms with Crippen LogP contribution in [0.5, 0.6) is 0 Å². The van der Waals surface area contributed by atoms with Crippen LogP contribution in [0.25, 0.3) is 0 Å². The molecule has 1 aliphatic heterocycles. The van der Waals surface area contributed by atoms with Crippen molar-refractivity contribution in [2.75, 3.05) is 6.54 Å². The van der Waals surface area contributed by atoms with Crippen LogP contribution >= 0.6 is 0 Å². The van der Waals surface area contributed by atoms with Gasteiger partial charge in [-0.1, -0.05) is 19.8 Å². The van der Waals surface area contributed by atoms with Crippen molar-refractivity contribution in [2.24, 2.45) is 11.8 Å². The van der Waals surface area contributed by atoms with Crippen LogP contribution in [0.3, 0.4) is 0 Å². The molecule has 0 aromatic carbocycles. The molecule has 0 aromatic heterocycles. The normalized spacial score (nSPS) is 32.9. The average Bonchev–Trinajstić information content (AvgIpc) is 2.86. The summed E-state index contributed by atoms with van der Waals surface area (Å²) in [6.07, 6.45) is 6.37. The Morgan fingerprint density at radius 1 is 1.31 bits per heavy atom. The van der Waals surface area contributed by atoms with Crippen LogP contribution in [0, 0.1) is 11.8 Å². The highest BCUT2D eigenvalue weighted by Gasteiger charge is 2.31. The Morgan fingerprint density at radius 3 is 2.56 bits per heavy atom. The third-order valence-electron chi connectivity index (χ3n) is 4.29. The van der Waals surface area contributed by atoms with Crippen molar-refractivity contribution in [3.8, 4) is 0 Å². The largest absolute Gasteiger partial charge is 0.352 e. The lowest BCUT2D eigenvalue weighted by atomic mass is 9.98. The molecular weight excluding hydrogens is 200 g/mol. The zero-order valence-electron chi connectivity index (χ0n) is 10.5. The molecule has 1 heterocycles. The summed E-state index contributed by atoms with van der Waals surface area (Å²) in [5.74, 6) is 1.40. The second kappa shape index (κ2) is 5.17. The average molecular weight is 224 g/mol. The number of carbonyl (C=O) groups excluding carboxylic acids is 1. The van der Waals surface area contributed by atoms with Crippen LogP contribution in [0.4, 0.5) is 0 Å². The molecule has 0 spiro atoms. The van der Waals surface area contributed by atoms with Crippen molar-refractivity contribution < 1.29 is 4.79 Å². The Kier molecular flexibility index (Phi) is 3.85. The molecule has 3 atom stereocenters. The summed E-state index contributed by atoms with van der Waals surface area (Å²) in [4.78, 5) is 12.0. The van der Waals surface area contributed by atoms with Crippen LogP contribution in [0.2, 0.25) is 0 Å². The fourth-order valence-corrected chi connectivity index (χ4v) is 3.07. The zero-order chi connectivity index (χ0) is 11.5. The second-order valence-electron chi connectivity index (χ2n) is 5.54. The van der Waals surface area contributed by atoms with Gasteiger partial charge in [0.05, 0.1) is 6.04 Å². The van der Waals surface area contributed by atoms with Crippen LogP contribution in [-0.2, 0) is 4.79 Å². The van der Waals surface area contributed by atoms with E-state index in [9.17, 15) is 4.79 Å². The summed E-state index contributed by atoms with van der Waals surface area (Å²) >= 11 is 0. The Bertz CT molecular complexity index is 248. The van der Waals surface area contributed by atoms with Crippen LogP contribution < -0.4 is 10.6 Å². The van der Waals surface area contributed by atoms with E-state index >= 15 is 0 Å². The third-order valence-corrected chi connectivity index (χ3v) is 4.29. The van der Waals surface area contributed by atoms with Crippen molar-refractivity contribution in [3.63, 3.8) is 0 Å². The van der Waals surface area contributed by atoms with Crippen LogP contribution in [-0.4, -0.2) is 24.5 Å². The number of rotatable bonds is 3. The summed E-state index contributed by atoms with van der Waals surface area (Å²) < 4.78 is 0. The molecule has 1 saturated heterocycles. The second-order valence-corrected chi connectivity index (χ2v) is 5.54. The monoisotopic (exact) mass is 224 g/mol. The lowest BCUT2D eigenvalue weighted by molar-refractivity contribution is -0.124. The number of nitrogens with one attached hydrogen (secondary N) is 2. The summed E-state index contributed by atoms with van der Waals surface area (Å²) in [5.41, 5.74) is 0. The molecule has 92 valence electrons. The number of hydrogen-bond acceptors (Lipinski definition) is 2. The Labute approximate surface area is 98.4 Å². The molecule has 2 N–H and O–H groups in total. The molecule has 2 rings (SSSR count). The summed E-state index contributed by atoms with van der Waals surface area (Å²) in [7, 11) is 0. The van der Waals surface area contributed by atoms with E-state index in [4.69, 9.17) is 0 Å². The molecule has 2 aliphatic rings. The van der Waals surface area contributed by atoms with E-state index in [0.29, 0.717) is 17.9 Å². The lowest BCUT2D eigenvalue weighted by Crippen LogP contribution is -2.48. The molecule has 0 radical (unpaired) electrons. The van der Waals surface area contributed by atoms with Gasteiger partial charge in [-0.15, -0.1) is 0 Å². The van der Waals surface area contributed by atoms with Gasteiger partial charge in [0, 0.05) is 6.04 Å². The van der Waals surface area contributed by atoms with E-state index in [2.05, 4.69) is 24.5 Å². The van der Waals surface area contributed by atoms with Crippen molar-refractivity contribution in [3.05, 3.63) is 0 Å². The molecular formula is C13H24N2O. The van der Waals surface area contributed by atoms with Gasteiger partial charge >= 0.3 is 0 Å². The summed E-state index contributed by atoms with van der Waals surface area (Å²) in [5, 5.41) is 6.48. The highest BCUT2D eigenvalue weighted by Crippen LogP contribution is 2.27. The van der Waals surface area contributed by atoms with Crippen molar-refractivity contribution in [1.29, 1.82) is 0 Å². The van der Waals surface area contributed by atoms with Crippen molar-refractivity contribution in [1.82, 2.24) is 10.6 Å². The fraction of sp³-hybridized carbons (Fsp3) is 0.923. The number of amides is 1. The first-order valence-electron chi connectivity index (χ1n) is 6.72. The van der Waals surface area contributed by atoms with Gasteiger partial charge in [-0.05, 0) is 44.6 Å². The van der Waals surface area contributed by atoms with Crippen LogP contribution in [0.1, 0.15) is 46.0 Å². The van der Waals surface area contributed by atoms with E-state index < -0.39 is 0 Å². The third kappa shape index (κ3) is 2.57. The highest BCUT2D eigenvalue weighted by atomic mass is 16.2. The predicted octanol–water partition coefficient (Wildman–Crippen LogP) is 1.68. The molecule has 2 unspecified atom stereocenters. The maximum Gasteiger partial charge on any atom is 0.237 e. The van der Waals surface area contributed by atoms with E-state index in [0.717, 1.165) is 13.0 Å². The minimum atomic E-state index is 0.0452. The Morgan fingerprint density at radius 2 is 2.00 bits per heavy atom. The Balaban J connectivity index is 1.81. The first-order chi connectivity index (χ1) is 7.68. The maximum atomic E-state index is 12.0. The van der Waals surface area contributed by atoms with Gasteiger partial charge in [0.25, 0.3) is 0 Å². The standard InChI is InChI=1S/C13H24N2O/c1-9-7-8-14-12(9)13(16)15-10(2)11-5-3-4-6-11/h9-12,14H,3-8H2,1-2H3,(H,15,16)/t9?,10-,12?/m1/s1. The first-order valence-corrected chi connectivity index (χ1v) is 6.72. The molecule has 3 heteroatoms. The molecule has 1 saturated carbocycles. The van der Waals surface area contributed by atoms with Gasteiger partial charge in [0.2, 0.25) is 5.91 Å². The zero-order valence-corrected chi connectivity index (χ0v) is 10.5. The predicted molar refractivity (Wildman–Crippen MR) is 65.1 cm³/mol. The van der Waals surface area contributed by atoms with Gasteiger partial charge in [0.1, 0.15) is 0 Å². The topological polar surface area (TPSA) is 41.1 Å². The van der Waals surface area contributed by atoms with E-state index in [-0.39, 0.29) is 11.9 Å². The van der Waals surface area contributed by atoms with Gasteiger partial charge < -0.3 is 10.6 Å².